The Hall–Kier alpha value is -2.36. The minimum absolute atomic E-state index is 0.164. The van der Waals surface area contributed by atoms with Gasteiger partial charge in [0, 0.05) is 27.5 Å². The summed E-state index contributed by atoms with van der Waals surface area (Å²) in [5.41, 5.74) is 1.92. The molecule has 0 saturated carbocycles. The van der Waals surface area contributed by atoms with Crippen LogP contribution in [0.15, 0.2) is 57.7 Å². The molecule has 0 saturated heterocycles. The first-order chi connectivity index (χ1) is 10.5. The molecule has 3 rings (SSSR count). The number of Topliss-reactive ketones (excluding diaryl/α,β-unsaturated/α-hetero) is 1. The number of nitriles is 1. The fourth-order valence-corrected chi connectivity index (χ4v) is 3.17. The Balaban J connectivity index is 2.09. The van der Waals surface area contributed by atoms with Crippen molar-refractivity contribution in [2.24, 2.45) is 0 Å². The molecule has 0 aromatic heterocycles. The van der Waals surface area contributed by atoms with Crippen molar-refractivity contribution >= 4 is 27.4 Å². The van der Waals surface area contributed by atoms with Crippen molar-refractivity contribution in [3.8, 4) is 11.8 Å². The van der Waals surface area contributed by atoms with Crippen molar-refractivity contribution < 1.29 is 15.0 Å². The normalized spacial score (nSPS) is 21.0. The molecule has 1 aliphatic heterocycles. The summed E-state index contributed by atoms with van der Waals surface area (Å²) in [5.74, 6) is -0.250. The summed E-state index contributed by atoms with van der Waals surface area (Å²) in [5, 5.41) is 28.4. The van der Waals surface area contributed by atoms with Crippen LogP contribution in [0.3, 0.4) is 0 Å². The predicted molar refractivity (Wildman–Crippen MR) is 84.2 cm³/mol. The molecule has 22 heavy (non-hydrogen) atoms. The van der Waals surface area contributed by atoms with Gasteiger partial charge in [-0.15, -0.1) is 0 Å². The van der Waals surface area contributed by atoms with E-state index in [1.165, 1.54) is 6.08 Å². The van der Waals surface area contributed by atoms with Gasteiger partial charge in [0.2, 0.25) is 0 Å². The molecule has 0 spiro atoms. The number of halogens is 1. The zero-order valence-electron chi connectivity index (χ0n) is 11.3. The van der Waals surface area contributed by atoms with Crippen molar-refractivity contribution in [1.82, 2.24) is 0 Å². The maximum absolute atomic E-state index is 12.1. The summed E-state index contributed by atoms with van der Waals surface area (Å²) in [6, 6.07) is 8.64. The molecule has 110 valence electrons. The lowest BCUT2D eigenvalue weighted by molar-refractivity contribution is -0.121. The van der Waals surface area contributed by atoms with Gasteiger partial charge >= 0.3 is 0 Å². The van der Waals surface area contributed by atoms with Gasteiger partial charge in [-0.1, -0.05) is 15.9 Å². The number of phenolic OH excluding ortho intramolecular Hbond substituents is 1. The number of carbonyl (C=O) groups is 1. The Kier molecular flexibility index (Phi) is 3.61. The second kappa shape index (κ2) is 5.44. The molecule has 1 unspecified atom stereocenters. The number of carbonyl (C=O) groups excluding carboxylic acids is 1. The number of aromatic hydroxyl groups is 1. The third-order valence-electron chi connectivity index (χ3n) is 3.57. The zero-order chi connectivity index (χ0) is 15.9. The van der Waals surface area contributed by atoms with Crippen LogP contribution in [0, 0.1) is 11.3 Å². The van der Waals surface area contributed by atoms with Crippen molar-refractivity contribution in [3.05, 3.63) is 57.7 Å². The minimum Gasteiger partial charge on any atom is -0.508 e. The number of anilines is 1. The highest BCUT2D eigenvalue weighted by atomic mass is 79.9. The van der Waals surface area contributed by atoms with E-state index in [9.17, 15) is 20.3 Å². The number of ketones is 1. The molecule has 2 N–H and O–H groups in total. The molecule has 0 bridgehead atoms. The summed E-state index contributed by atoms with van der Waals surface area (Å²) in [6.45, 7) is 0.404. The Morgan fingerprint density at radius 3 is 2.64 bits per heavy atom. The number of hydrogen-bond donors (Lipinski definition) is 2. The van der Waals surface area contributed by atoms with E-state index in [4.69, 9.17) is 0 Å². The molecule has 6 heteroatoms. The standard InChI is InChI=1S/C16H11BrN2O3/c17-13-8-19(10-1-3-11(20)4-2-10)7-12-9(6-18)5-14(21)16(22)15(12)13/h1-5,7,14,20-21H,8H2. The summed E-state index contributed by atoms with van der Waals surface area (Å²) >= 11 is 3.39. The highest BCUT2D eigenvalue weighted by Gasteiger charge is 2.34. The number of hydrogen-bond acceptors (Lipinski definition) is 5. The van der Waals surface area contributed by atoms with E-state index >= 15 is 0 Å². The third kappa shape index (κ3) is 2.34. The molecule has 5 nitrogen and oxygen atoms in total. The first kappa shape index (κ1) is 14.6. The van der Waals surface area contributed by atoms with Gasteiger partial charge in [-0.25, -0.2) is 0 Å². The van der Waals surface area contributed by atoms with Gasteiger partial charge in [0.15, 0.2) is 5.78 Å². The molecule has 2 aliphatic rings. The number of aliphatic hydroxyl groups excluding tert-OH is 1. The van der Waals surface area contributed by atoms with Gasteiger partial charge in [0.1, 0.15) is 11.9 Å². The van der Waals surface area contributed by atoms with Gasteiger partial charge in [0.05, 0.1) is 18.2 Å². The van der Waals surface area contributed by atoms with Crippen LogP contribution in [-0.2, 0) is 4.79 Å². The molecule has 0 radical (unpaired) electrons. The van der Waals surface area contributed by atoms with Crippen LogP contribution >= 0.6 is 15.9 Å². The second-order valence-corrected chi connectivity index (χ2v) is 5.93. The van der Waals surface area contributed by atoms with E-state index in [1.807, 2.05) is 11.0 Å². The van der Waals surface area contributed by atoms with Crippen molar-refractivity contribution in [3.63, 3.8) is 0 Å². The molecule has 0 fully saturated rings. The van der Waals surface area contributed by atoms with E-state index in [-0.39, 0.29) is 11.3 Å². The van der Waals surface area contributed by atoms with E-state index in [0.29, 0.717) is 22.2 Å². The molecule has 1 heterocycles. The van der Waals surface area contributed by atoms with E-state index in [0.717, 1.165) is 5.69 Å². The predicted octanol–water partition coefficient (Wildman–Crippen LogP) is 2.14. The van der Waals surface area contributed by atoms with Crippen molar-refractivity contribution in [2.45, 2.75) is 6.10 Å². The highest BCUT2D eigenvalue weighted by molar-refractivity contribution is 9.11. The van der Waals surface area contributed by atoms with Gasteiger partial charge in [0.25, 0.3) is 0 Å². The Morgan fingerprint density at radius 1 is 1.32 bits per heavy atom. The molecular weight excluding hydrogens is 348 g/mol. The second-order valence-electron chi connectivity index (χ2n) is 4.97. The maximum Gasteiger partial charge on any atom is 0.196 e. The van der Waals surface area contributed by atoms with Gasteiger partial charge in [-0.05, 0) is 30.3 Å². The number of rotatable bonds is 1. The first-order valence-corrected chi connectivity index (χ1v) is 7.31. The smallest absolute Gasteiger partial charge is 0.196 e. The average Bonchev–Trinajstić information content (AvgIpc) is 2.51. The molecular formula is C16H11BrN2O3. The maximum atomic E-state index is 12.1. The SMILES string of the molecule is N#CC1=CC(O)C(=O)C2=C(Br)CN(c3ccc(O)cc3)C=C12. The zero-order valence-corrected chi connectivity index (χ0v) is 12.9. The summed E-state index contributed by atoms with van der Waals surface area (Å²) in [7, 11) is 0. The van der Waals surface area contributed by atoms with E-state index in [2.05, 4.69) is 15.9 Å². The van der Waals surface area contributed by atoms with Crippen LogP contribution in [0.25, 0.3) is 0 Å². The molecule has 1 aromatic rings. The van der Waals surface area contributed by atoms with Crippen LogP contribution in [0.5, 0.6) is 5.75 Å². The van der Waals surface area contributed by atoms with Crippen LogP contribution in [0.2, 0.25) is 0 Å². The van der Waals surface area contributed by atoms with Crippen molar-refractivity contribution in [2.75, 3.05) is 11.4 Å². The van der Waals surface area contributed by atoms with Gasteiger partial charge < -0.3 is 15.1 Å². The summed E-state index contributed by atoms with van der Waals surface area (Å²) in [4.78, 5) is 14.0. The monoisotopic (exact) mass is 358 g/mol. The summed E-state index contributed by atoms with van der Waals surface area (Å²) < 4.78 is 0.614. The number of fused-ring (bicyclic) bond motifs is 1. The number of nitrogens with zero attached hydrogens (tertiary/aromatic N) is 2. The lowest BCUT2D eigenvalue weighted by atomic mass is 9.85. The number of phenols is 1. The fourth-order valence-electron chi connectivity index (χ4n) is 2.49. The first-order valence-electron chi connectivity index (χ1n) is 6.52. The highest BCUT2D eigenvalue weighted by Crippen LogP contribution is 2.37. The van der Waals surface area contributed by atoms with Crippen molar-refractivity contribution in [1.29, 1.82) is 5.26 Å². The fraction of sp³-hybridized carbons (Fsp3) is 0.125. The number of allylic oxidation sites excluding steroid dienone is 2. The van der Waals surface area contributed by atoms with Crippen LogP contribution in [-0.4, -0.2) is 28.6 Å². The van der Waals surface area contributed by atoms with E-state index in [1.54, 1.807) is 30.5 Å². The van der Waals surface area contributed by atoms with Crippen LogP contribution in [0.1, 0.15) is 0 Å². The molecule has 1 aliphatic carbocycles. The lowest BCUT2D eigenvalue weighted by Crippen LogP contribution is -2.33. The topological polar surface area (TPSA) is 84.6 Å². The largest absolute Gasteiger partial charge is 0.508 e. The van der Waals surface area contributed by atoms with E-state index < -0.39 is 11.9 Å². The minimum atomic E-state index is -1.28. The quantitative estimate of drug-likeness (QED) is 0.803. The Morgan fingerprint density at radius 2 is 2.00 bits per heavy atom. The van der Waals surface area contributed by atoms with Gasteiger partial charge in [-0.3, -0.25) is 4.79 Å². The number of benzene rings is 1. The third-order valence-corrected chi connectivity index (χ3v) is 4.21. The average molecular weight is 359 g/mol. The van der Waals surface area contributed by atoms with Gasteiger partial charge in [-0.2, -0.15) is 5.26 Å². The van der Waals surface area contributed by atoms with Crippen LogP contribution in [0.4, 0.5) is 5.69 Å². The molecule has 1 aromatic carbocycles. The number of aliphatic hydroxyl groups is 1. The molecule has 0 amide bonds. The molecule has 1 atom stereocenters. The lowest BCUT2D eigenvalue weighted by Gasteiger charge is -2.31. The Bertz CT molecular complexity index is 785. The van der Waals surface area contributed by atoms with Crippen LogP contribution < -0.4 is 4.90 Å². The Labute approximate surface area is 135 Å². The summed E-state index contributed by atoms with van der Waals surface area (Å²) in [6.07, 6.45) is 1.69.